The summed E-state index contributed by atoms with van der Waals surface area (Å²) in [4.78, 5) is 25.9. The van der Waals surface area contributed by atoms with Crippen molar-refractivity contribution in [3.05, 3.63) is 30.1 Å². The second kappa shape index (κ2) is 8.07. The summed E-state index contributed by atoms with van der Waals surface area (Å²) in [6, 6.07) is 3.37. The zero-order chi connectivity index (χ0) is 14.1. The van der Waals surface area contributed by atoms with Crippen LogP contribution < -0.4 is 10.6 Å². The van der Waals surface area contributed by atoms with E-state index in [1.807, 2.05) is 19.1 Å². The van der Waals surface area contributed by atoms with Crippen molar-refractivity contribution in [2.24, 2.45) is 0 Å². The molecule has 0 saturated heterocycles. The summed E-state index contributed by atoms with van der Waals surface area (Å²) in [5.74, 6) is -0.856. The van der Waals surface area contributed by atoms with Crippen molar-refractivity contribution in [3.63, 3.8) is 0 Å². The van der Waals surface area contributed by atoms with Crippen LogP contribution in [0.3, 0.4) is 0 Å². The summed E-state index contributed by atoms with van der Waals surface area (Å²) in [7, 11) is 0. The number of nitrogens with zero attached hydrogens (tertiary/aromatic N) is 1. The number of hydrogen-bond donors (Lipinski definition) is 3. The number of pyridine rings is 1. The number of urea groups is 1. The number of hydrogen-bond acceptors (Lipinski definition) is 3. The lowest BCUT2D eigenvalue weighted by molar-refractivity contribution is -0.137. The van der Waals surface area contributed by atoms with Crippen molar-refractivity contribution < 1.29 is 14.7 Å². The van der Waals surface area contributed by atoms with Crippen LogP contribution in [0.5, 0.6) is 0 Å². The van der Waals surface area contributed by atoms with Gasteiger partial charge in [0.05, 0.1) is 6.04 Å². The highest BCUT2D eigenvalue weighted by atomic mass is 16.4. The van der Waals surface area contributed by atoms with E-state index in [1.54, 1.807) is 12.4 Å². The van der Waals surface area contributed by atoms with Gasteiger partial charge in [-0.3, -0.25) is 9.78 Å². The largest absolute Gasteiger partial charge is 0.481 e. The van der Waals surface area contributed by atoms with Gasteiger partial charge in [0.2, 0.25) is 0 Å². The van der Waals surface area contributed by atoms with Gasteiger partial charge < -0.3 is 15.7 Å². The molecule has 1 rings (SSSR count). The summed E-state index contributed by atoms with van der Waals surface area (Å²) in [5, 5.41) is 14.0. The maximum atomic E-state index is 11.6. The van der Waals surface area contributed by atoms with Gasteiger partial charge in [-0.15, -0.1) is 0 Å². The SMILES string of the molecule is CCC(NC(=O)NCCCC(=O)O)c1ccncc1. The second-order valence-corrected chi connectivity index (χ2v) is 4.14. The molecule has 104 valence electrons. The highest BCUT2D eigenvalue weighted by Gasteiger charge is 2.11. The number of carboxylic acid groups (broad SMARTS) is 1. The van der Waals surface area contributed by atoms with Crippen molar-refractivity contribution in [2.75, 3.05) is 6.54 Å². The number of aliphatic carboxylic acids is 1. The van der Waals surface area contributed by atoms with Gasteiger partial charge in [0.15, 0.2) is 0 Å². The zero-order valence-corrected chi connectivity index (χ0v) is 10.9. The first kappa shape index (κ1) is 14.9. The van der Waals surface area contributed by atoms with Gasteiger partial charge in [0, 0.05) is 25.4 Å². The maximum Gasteiger partial charge on any atom is 0.315 e. The molecular weight excluding hydrogens is 246 g/mol. The quantitative estimate of drug-likeness (QED) is 0.654. The van der Waals surface area contributed by atoms with E-state index in [-0.39, 0.29) is 18.5 Å². The van der Waals surface area contributed by atoms with Crippen molar-refractivity contribution in [3.8, 4) is 0 Å². The third kappa shape index (κ3) is 5.85. The smallest absolute Gasteiger partial charge is 0.315 e. The summed E-state index contributed by atoms with van der Waals surface area (Å²) >= 11 is 0. The number of amides is 2. The topological polar surface area (TPSA) is 91.3 Å². The Labute approximate surface area is 112 Å². The van der Waals surface area contributed by atoms with E-state index < -0.39 is 5.97 Å². The van der Waals surface area contributed by atoms with E-state index in [0.29, 0.717) is 13.0 Å². The lowest BCUT2D eigenvalue weighted by Crippen LogP contribution is -2.38. The molecule has 1 aromatic heterocycles. The number of rotatable bonds is 7. The Morgan fingerprint density at radius 1 is 1.37 bits per heavy atom. The third-order valence-electron chi connectivity index (χ3n) is 2.68. The fourth-order valence-electron chi connectivity index (χ4n) is 1.67. The molecule has 0 aliphatic carbocycles. The molecule has 0 fully saturated rings. The van der Waals surface area contributed by atoms with Crippen molar-refractivity contribution >= 4 is 12.0 Å². The monoisotopic (exact) mass is 265 g/mol. The molecule has 1 unspecified atom stereocenters. The fourth-order valence-corrected chi connectivity index (χ4v) is 1.67. The minimum absolute atomic E-state index is 0.0574. The van der Waals surface area contributed by atoms with Crippen molar-refractivity contribution in [1.82, 2.24) is 15.6 Å². The van der Waals surface area contributed by atoms with E-state index >= 15 is 0 Å². The minimum atomic E-state index is -0.856. The van der Waals surface area contributed by atoms with Gasteiger partial charge in [0.25, 0.3) is 0 Å². The highest BCUT2D eigenvalue weighted by Crippen LogP contribution is 2.14. The van der Waals surface area contributed by atoms with Crippen LogP contribution in [0.1, 0.15) is 37.8 Å². The van der Waals surface area contributed by atoms with E-state index in [4.69, 9.17) is 5.11 Å². The Morgan fingerprint density at radius 2 is 2.05 bits per heavy atom. The van der Waals surface area contributed by atoms with Crippen LogP contribution in [0.15, 0.2) is 24.5 Å². The summed E-state index contributed by atoms with van der Waals surface area (Å²) < 4.78 is 0. The number of carboxylic acids is 1. The molecule has 3 N–H and O–H groups in total. The zero-order valence-electron chi connectivity index (χ0n) is 10.9. The Balaban J connectivity index is 2.35. The first-order chi connectivity index (χ1) is 9.13. The molecule has 6 heteroatoms. The van der Waals surface area contributed by atoms with Crippen LogP contribution >= 0.6 is 0 Å². The summed E-state index contributed by atoms with van der Waals surface area (Å²) in [5.41, 5.74) is 0.998. The molecular formula is C13H19N3O3. The lowest BCUT2D eigenvalue weighted by Gasteiger charge is -2.17. The van der Waals surface area contributed by atoms with Crippen LogP contribution in [-0.4, -0.2) is 28.6 Å². The first-order valence-corrected chi connectivity index (χ1v) is 6.29. The average Bonchev–Trinajstić information content (AvgIpc) is 2.41. The molecule has 0 saturated carbocycles. The molecule has 0 aliphatic heterocycles. The predicted octanol–water partition coefficient (Wildman–Crippen LogP) is 1.70. The molecule has 0 aliphatic rings. The van der Waals surface area contributed by atoms with Gasteiger partial charge in [0.1, 0.15) is 0 Å². The standard InChI is InChI=1S/C13H19N3O3/c1-2-11(10-5-8-14-9-6-10)16-13(19)15-7-3-4-12(17)18/h5-6,8-9,11H,2-4,7H2,1H3,(H,17,18)(H2,15,16,19). The van der Waals surface area contributed by atoms with Gasteiger partial charge >= 0.3 is 12.0 Å². The minimum Gasteiger partial charge on any atom is -0.481 e. The average molecular weight is 265 g/mol. The van der Waals surface area contributed by atoms with Crippen LogP contribution in [0.25, 0.3) is 0 Å². The van der Waals surface area contributed by atoms with Crippen LogP contribution in [-0.2, 0) is 4.79 Å². The molecule has 0 bridgehead atoms. The Hall–Kier alpha value is -2.11. The van der Waals surface area contributed by atoms with Gasteiger partial charge in [-0.05, 0) is 30.5 Å². The number of nitrogens with one attached hydrogen (secondary N) is 2. The van der Waals surface area contributed by atoms with Gasteiger partial charge in [-0.1, -0.05) is 6.92 Å². The first-order valence-electron chi connectivity index (χ1n) is 6.29. The molecule has 1 atom stereocenters. The molecule has 0 radical (unpaired) electrons. The third-order valence-corrected chi connectivity index (χ3v) is 2.68. The van der Waals surface area contributed by atoms with Gasteiger partial charge in [-0.25, -0.2) is 4.79 Å². The molecule has 6 nitrogen and oxygen atoms in total. The van der Waals surface area contributed by atoms with Gasteiger partial charge in [-0.2, -0.15) is 0 Å². The van der Waals surface area contributed by atoms with E-state index in [2.05, 4.69) is 15.6 Å². The second-order valence-electron chi connectivity index (χ2n) is 4.14. The van der Waals surface area contributed by atoms with Crippen molar-refractivity contribution in [1.29, 1.82) is 0 Å². The molecule has 2 amide bonds. The maximum absolute atomic E-state index is 11.6. The predicted molar refractivity (Wildman–Crippen MR) is 70.7 cm³/mol. The number of carbonyl (C=O) groups excluding carboxylic acids is 1. The fraction of sp³-hybridized carbons (Fsp3) is 0.462. The molecule has 1 aromatic rings. The molecule has 0 spiro atoms. The van der Waals surface area contributed by atoms with E-state index in [9.17, 15) is 9.59 Å². The summed E-state index contributed by atoms with van der Waals surface area (Å²) in [6.45, 7) is 2.33. The lowest BCUT2D eigenvalue weighted by atomic mass is 10.1. The molecule has 19 heavy (non-hydrogen) atoms. The highest BCUT2D eigenvalue weighted by molar-refractivity contribution is 5.74. The number of carbonyl (C=O) groups is 2. The van der Waals surface area contributed by atoms with Crippen LogP contribution in [0.4, 0.5) is 4.79 Å². The van der Waals surface area contributed by atoms with Crippen molar-refractivity contribution in [2.45, 2.75) is 32.2 Å². The van der Waals surface area contributed by atoms with E-state index in [1.165, 1.54) is 0 Å². The number of aromatic nitrogens is 1. The van der Waals surface area contributed by atoms with Crippen LogP contribution in [0.2, 0.25) is 0 Å². The Morgan fingerprint density at radius 3 is 2.63 bits per heavy atom. The Bertz CT molecular complexity index is 409. The van der Waals surface area contributed by atoms with E-state index in [0.717, 1.165) is 12.0 Å². The molecule has 0 aromatic carbocycles. The summed E-state index contributed by atoms with van der Waals surface area (Å²) in [6.07, 6.45) is 4.62. The Kier molecular flexibility index (Phi) is 6.35. The molecule has 1 heterocycles. The van der Waals surface area contributed by atoms with Crippen LogP contribution in [0, 0.1) is 0 Å². The normalized spacial score (nSPS) is 11.6.